The topological polar surface area (TPSA) is 9.23 Å². The van der Waals surface area contributed by atoms with Crippen molar-refractivity contribution in [2.45, 2.75) is 6.92 Å². The van der Waals surface area contributed by atoms with Gasteiger partial charge < -0.3 is 4.74 Å². The van der Waals surface area contributed by atoms with Crippen LogP contribution in [0.25, 0.3) is 0 Å². The molecule has 0 radical (unpaired) electrons. The average molecular weight is 202 g/mol. The van der Waals surface area contributed by atoms with E-state index >= 15 is 0 Å². The lowest BCUT2D eigenvalue weighted by Crippen LogP contribution is -1.88. The van der Waals surface area contributed by atoms with Crippen LogP contribution >= 0.6 is 0 Å². The fourth-order valence-corrected chi connectivity index (χ4v) is 1.30. The molecule has 2 rings (SSSR count). The van der Waals surface area contributed by atoms with Crippen LogP contribution < -0.4 is 4.74 Å². The normalized spacial score (nSPS) is 10.0. The molecule has 2 aromatic rings. The average Bonchev–Trinajstić information content (AvgIpc) is 2.25. The fraction of sp³-hybridized carbons (Fsp3) is 0.0769. The Hall–Kier alpha value is -1.83. The van der Waals surface area contributed by atoms with E-state index in [1.54, 1.807) is 6.07 Å². The number of hydrogen-bond acceptors (Lipinski definition) is 1. The fourth-order valence-electron chi connectivity index (χ4n) is 1.30. The van der Waals surface area contributed by atoms with E-state index in [0.717, 1.165) is 5.56 Å². The Bertz CT molecular complexity index is 451. The highest BCUT2D eigenvalue weighted by Gasteiger charge is 2.02. The molecule has 76 valence electrons. The Morgan fingerprint density at radius 2 is 1.73 bits per heavy atom. The number of aryl methyl sites for hydroxylation is 1. The number of benzene rings is 2. The van der Waals surface area contributed by atoms with E-state index in [9.17, 15) is 4.39 Å². The van der Waals surface area contributed by atoms with Gasteiger partial charge in [0.15, 0.2) is 0 Å². The maximum atomic E-state index is 13.0. The van der Waals surface area contributed by atoms with E-state index in [1.165, 1.54) is 12.1 Å². The van der Waals surface area contributed by atoms with Crippen LogP contribution in [0.4, 0.5) is 4.39 Å². The van der Waals surface area contributed by atoms with Crippen LogP contribution in [-0.2, 0) is 0 Å². The van der Waals surface area contributed by atoms with E-state index in [2.05, 4.69) is 0 Å². The Morgan fingerprint density at radius 1 is 1.00 bits per heavy atom. The summed E-state index contributed by atoms with van der Waals surface area (Å²) >= 11 is 0. The van der Waals surface area contributed by atoms with Crippen molar-refractivity contribution in [3.05, 3.63) is 59.9 Å². The molecular weight excluding hydrogens is 191 g/mol. The molecule has 0 N–H and O–H groups in total. The minimum Gasteiger partial charge on any atom is -0.457 e. The van der Waals surface area contributed by atoms with Crippen LogP contribution in [0.1, 0.15) is 5.56 Å². The van der Waals surface area contributed by atoms with Gasteiger partial charge in [-0.25, -0.2) is 4.39 Å². The van der Waals surface area contributed by atoms with Gasteiger partial charge in [-0.05, 0) is 30.7 Å². The summed E-state index contributed by atoms with van der Waals surface area (Å²) in [5.41, 5.74) is 0.917. The van der Waals surface area contributed by atoms with Gasteiger partial charge in [-0.1, -0.05) is 24.3 Å². The van der Waals surface area contributed by atoms with Crippen molar-refractivity contribution in [3.63, 3.8) is 0 Å². The van der Waals surface area contributed by atoms with Gasteiger partial charge in [-0.3, -0.25) is 0 Å². The molecule has 15 heavy (non-hydrogen) atoms. The van der Waals surface area contributed by atoms with E-state index in [0.29, 0.717) is 11.5 Å². The van der Waals surface area contributed by atoms with Crippen molar-refractivity contribution in [3.8, 4) is 11.5 Å². The van der Waals surface area contributed by atoms with Gasteiger partial charge in [0.1, 0.15) is 17.3 Å². The minimum absolute atomic E-state index is 0.286. The molecule has 0 aliphatic rings. The predicted octanol–water partition coefficient (Wildman–Crippen LogP) is 3.93. The minimum atomic E-state index is -0.286. The van der Waals surface area contributed by atoms with Gasteiger partial charge in [0.2, 0.25) is 0 Å². The van der Waals surface area contributed by atoms with Crippen molar-refractivity contribution in [2.24, 2.45) is 0 Å². The summed E-state index contributed by atoms with van der Waals surface area (Å²) in [5.74, 6) is 0.985. The van der Waals surface area contributed by atoms with Crippen LogP contribution in [-0.4, -0.2) is 0 Å². The van der Waals surface area contributed by atoms with E-state index < -0.39 is 0 Å². The molecule has 0 amide bonds. The Kier molecular flexibility index (Phi) is 2.68. The predicted molar refractivity (Wildman–Crippen MR) is 57.7 cm³/mol. The molecule has 0 aliphatic carbocycles. The molecule has 0 atom stereocenters. The van der Waals surface area contributed by atoms with Crippen LogP contribution in [0.3, 0.4) is 0 Å². The number of halogens is 1. The highest BCUT2D eigenvalue weighted by atomic mass is 19.1. The van der Waals surface area contributed by atoms with Crippen molar-refractivity contribution < 1.29 is 9.13 Å². The molecule has 2 heteroatoms. The van der Waals surface area contributed by atoms with Gasteiger partial charge >= 0.3 is 0 Å². The summed E-state index contributed by atoms with van der Waals surface area (Å²) in [6.07, 6.45) is 0. The summed E-state index contributed by atoms with van der Waals surface area (Å²) in [7, 11) is 0. The quantitative estimate of drug-likeness (QED) is 0.717. The lowest BCUT2D eigenvalue weighted by Gasteiger charge is -2.08. The monoisotopic (exact) mass is 202 g/mol. The Balaban J connectivity index is 2.28. The SMILES string of the molecule is Cc1ccc(F)cc1Oc1ccccc1. The zero-order chi connectivity index (χ0) is 10.7. The molecule has 0 fully saturated rings. The second-order valence-electron chi connectivity index (χ2n) is 3.32. The highest BCUT2D eigenvalue weighted by molar-refractivity contribution is 5.37. The summed E-state index contributed by atoms with van der Waals surface area (Å²) in [5, 5.41) is 0. The largest absolute Gasteiger partial charge is 0.457 e. The first-order chi connectivity index (χ1) is 7.25. The molecule has 0 bridgehead atoms. The maximum absolute atomic E-state index is 13.0. The lowest BCUT2D eigenvalue weighted by molar-refractivity contribution is 0.473. The number of hydrogen-bond donors (Lipinski definition) is 0. The second kappa shape index (κ2) is 4.13. The molecule has 0 unspecified atom stereocenters. The van der Waals surface area contributed by atoms with Crippen LogP contribution in [0, 0.1) is 12.7 Å². The van der Waals surface area contributed by atoms with Crippen molar-refractivity contribution in [1.29, 1.82) is 0 Å². The van der Waals surface area contributed by atoms with Gasteiger partial charge in [-0.15, -0.1) is 0 Å². The second-order valence-corrected chi connectivity index (χ2v) is 3.32. The van der Waals surface area contributed by atoms with Crippen molar-refractivity contribution >= 4 is 0 Å². The van der Waals surface area contributed by atoms with Crippen LogP contribution in [0.5, 0.6) is 11.5 Å². The van der Waals surface area contributed by atoms with E-state index in [1.807, 2.05) is 37.3 Å². The number of ether oxygens (including phenoxy) is 1. The van der Waals surface area contributed by atoms with Crippen molar-refractivity contribution in [1.82, 2.24) is 0 Å². The van der Waals surface area contributed by atoms with Gasteiger partial charge in [0, 0.05) is 6.07 Å². The summed E-state index contributed by atoms with van der Waals surface area (Å²) in [4.78, 5) is 0. The number of rotatable bonds is 2. The summed E-state index contributed by atoms with van der Waals surface area (Å²) < 4.78 is 18.5. The molecule has 0 aliphatic heterocycles. The Morgan fingerprint density at radius 3 is 2.47 bits per heavy atom. The zero-order valence-electron chi connectivity index (χ0n) is 8.41. The first-order valence-corrected chi connectivity index (χ1v) is 4.75. The maximum Gasteiger partial charge on any atom is 0.133 e. The summed E-state index contributed by atoms with van der Waals surface area (Å²) in [6, 6.07) is 13.9. The summed E-state index contributed by atoms with van der Waals surface area (Å²) in [6.45, 7) is 1.89. The van der Waals surface area contributed by atoms with Gasteiger partial charge in [0.25, 0.3) is 0 Å². The van der Waals surface area contributed by atoms with Crippen LogP contribution in [0.15, 0.2) is 48.5 Å². The highest BCUT2D eigenvalue weighted by Crippen LogP contribution is 2.25. The van der Waals surface area contributed by atoms with Crippen LogP contribution in [0.2, 0.25) is 0 Å². The number of para-hydroxylation sites is 1. The van der Waals surface area contributed by atoms with E-state index in [4.69, 9.17) is 4.74 Å². The molecule has 2 aromatic carbocycles. The third kappa shape index (κ3) is 2.34. The zero-order valence-corrected chi connectivity index (χ0v) is 8.41. The molecule has 0 saturated heterocycles. The molecule has 1 nitrogen and oxygen atoms in total. The standard InChI is InChI=1S/C13H11FO/c1-10-7-8-11(14)9-13(10)15-12-5-3-2-4-6-12/h2-9H,1H3. The first kappa shape index (κ1) is 9.71. The smallest absolute Gasteiger partial charge is 0.133 e. The Labute approximate surface area is 88.1 Å². The molecule has 0 heterocycles. The molecular formula is C13H11FO. The molecule has 0 saturated carbocycles. The third-order valence-electron chi connectivity index (χ3n) is 2.12. The lowest BCUT2D eigenvalue weighted by atomic mass is 10.2. The first-order valence-electron chi connectivity index (χ1n) is 4.75. The third-order valence-corrected chi connectivity index (χ3v) is 2.12. The molecule has 0 spiro atoms. The van der Waals surface area contributed by atoms with Gasteiger partial charge in [0.05, 0.1) is 0 Å². The van der Waals surface area contributed by atoms with E-state index in [-0.39, 0.29) is 5.82 Å². The molecule has 0 aromatic heterocycles. The van der Waals surface area contributed by atoms with Gasteiger partial charge in [-0.2, -0.15) is 0 Å². The van der Waals surface area contributed by atoms with Crippen molar-refractivity contribution in [2.75, 3.05) is 0 Å².